The molecule has 3 rings (SSSR count). The fraction of sp³-hybridized carbons (Fsp3) is 0.188. The van der Waals surface area contributed by atoms with E-state index in [9.17, 15) is 4.39 Å². The minimum atomic E-state index is -0.200. The summed E-state index contributed by atoms with van der Waals surface area (Å²) in [6.45, 7) is 2.82. The Balaban J connectivity index is 1.69. The van der Waals surface area contributed by atoms with E-state index >= 15 is 0 Å². The summed E-state index contributed by atoms with van der Waals surface area (Å²) in [5.41, 5.74) is 3.29. The summed E-state index contributed by atoms with van der Waals surface area (Å²) < 4.78 is 14.0. The Morgan fingerprint density at radius 3 is 2.85 bits per heavy atom. The van der Waals surface area contributed by atoms with Crippen molar-refractivity contribution in [1.29, 1.82) is 0 Å². The average Bonchev–Trinajstić information content (AvgIpc) is 2.93. The molecule has 1 atom stereocenters. The topological polar surface area (TPSA) is 24.9 Å². The molecular weight excluding hydrogens is 271 g/mol. The molecule has 102 valence electrons. The highest BCUT2D eigenvalue weighted by Crippen LogP contribution is 2.22. The summed E-state index contributed by atoms with van der Waals surface area (Å²) in [4.78, 5) is 4.45. The van der Waals surface area contributed by atoms with Gasteiger partial charge in [0.15, 0.2) is 0 Å². The van der Waals surface area contributed by atoms with Crippen LogP contribution in [0.3, 0.4) is 0 Å². The first-order valence-corrected chi connectivity index (χ1v) is 7.41. The van der Waals surface area contributed by atoms with E-state index in [2.05, 4.69) is 28.7 Å². The number of halogens is 1. The molecule has 1 unspecified atom stereocenters. The van der Waals surface area contributed by atoms with Gasteiger partial charge in [0.25, 0.3) is 0 Å². The van der Waals surface area contributed by atoms with Gasteiger partial charge in [-0.05, 0) is 47.7 Å². The molecular formula is C16H15FN2S. The third kappa shape index (κ3) is 2.86. The van der Waals surface area contributed by atoms with E-state index in [0.29, 0.717) is 6.54 Å². The second-order valence-corrected chi connectivity index (χ2v) is 5.75. The molecule has 0 aliphatic heterocycles. The summed E-state index contributed by atoms with van der Waals surface area (Å²) in [7, 11) is 0. The molecule has 1 N–H and O–H groups in total. The molecule has 0 aliphatic carbocycles. The molecule has 2 nitrogen and oxygen atoms in total. The number of hydrogen-bond donors (Lipinski definition) is 1. The van der Waals surface area contributed by atoms with Crippen LogP contribution in [0.15, 0.2) is 48.0 Å². The van der Waals surface area contributed by atoms with Gasteiger partial charge in [0, 0.05) is 18.8 Å². The van der Waals surface area contributed by atoms with Crippen molar-refractivity contribution in [3.8, 4) is 0 Å². The summed E-state index contributed by atoms with van der Waals surface area (Å²) in [5.74, 6) is -0.200. The highest BCUT2D eigenvalue weighted by Gasteiger charge is 2.07. The molecule has 0 saturated heterocycles. The number of nitrogens with zero attached hydrogens (tertiary/aromatic N) is 1. The normalized spacial score (nSPS) is 12.7. The fourth-order valence-corrected chi connectivity index (χ4v) is 2.88. The SMILES string of the molecule is CC(NCc1ccc(F)cc1)c1cnc2ccsc2c1. The smallest absolute Gasteiger partial charge is 0.123 e. The van der Waals surface area contributed by atoms with E-state index in [1.807, 2.05) is 12.3 Å². The van der Waals surface area contributed by atoms with Gasteiger partial charge in [-0.1, -0.05) is 12.1 Å². The molecule has 0 saturated carbocycles. The number of nitrogens with one attached hydrogen (secondary N) is 1. The van der Waals surface area contributed by atoms with Crippen LogP contribution in [0.4, 0.5) is 4.39 Å². The van der Waals surface area contributed by atoms with Crippen LogP contribution in [0, 0.1) is 5.82 Å². The van der Waals surface area contributed by atoms with Crippen molar-refractivity contribution in [3.05, 3.63) is 64.9 Å². The zero-order valence-electron chi connectivity index (χ0n) is 11.1. The maximum atomic E-state index is 12.8. The summed E-state index contributed by atoms with van der Waals surface area (Å²) in [6.07, 6.45) is 1.91. The largest absolute Gasteiger partial charge is 0.306 e. The van der Waals surface area contributed by atoms with Crippen LogP contribution in [0.5, 0.6) is 0 Å². The number of aromatic nitrogens is 1. The van der Waals surface area contributed by atoms with Crippen molar-refractivity contribution in [2.45, 2.75) is 19.5 Å². The number of hydrogen-bond acceptors (Lipinski definition) is 3. The Kier molecular flexibility index (Phi) is 3.76. The number of pyridine rings is 1. The number of fused-ring (bicyclic) bond motifs is 1. The zero-order chi connectivity index (χ0) is 13.9. The molecule has 2 heterocycles. The Morgan fingerprint density at radius 2 is 2.05 bits per heavy atom. The van der Waals surface area contributed by atoms with Crippen LogP contribution in [-0.4, -0.2) is 4.98 Å². The van der Waals surface area contributed by atoms with Gasteiger partial charge in [-0.25, -0.2) is 4.39 Å². The average molecular weight is 286 g/mol. The molecule has 4 heteroatoms. The molecule has 0 spiro atoms. The van der Waals surface area contributed by atoms with Crippen molar-refractivity contribution >= 4 is 21.6 Å². The van der Waals surface area contributed by atoms with E-state index in [4.69, 9.17) is 0 Å². The van der Waals surface area contributed by atoms with Gasteiger partial charge in [-0.2, -0.15) is 0 Å². The monoisotopic (exact) mass is 286 g/mol. The lowest BCUT2D eigenvalue weighted by Crippen LogP contribution is -2.18. The highest BCUT2D eigenvalue weighted by molar-refractivity contribution is 7.17. The van der Waals surface area contributed by atoms with E-state index in [-0.39, 0.29) is 11.9 Å². The van der Waals surface area contributed by atoms with Crippen LogP contribution in [0.1, 0.15) is 24.1 Å². The minimum Gasteiger partial charge on any atom is -0.306 e. The van der Waals surface area contributed by atoms with Crippen molar-refractivity contribution in [1.82, 2.24) is 10.3 Å². The lowest BCUT2D eigenvalue weighted by Gasteiger charge is -2.14. The first-order chi connectivity index (χ1) is 9.72. The van der Waals surface area contributed by atoms with E-state index in [0.717, 1.165) is 11.1 Å². The lowest BCUT2D eigenvalue weighted by molar-refractivity contribution is 0.572. The zero-order valence-corrected chi connectivity index (χ0v) is 12.0. The number of rotatable bonds is 4. The number of thiophene rings is 1. The summed E-state index contributed by atoms with van der Waals surface area (Å²) in [5, 5.41) is 5.49. The maximum absolute atomic E-state index is 12.8. The summed E-state index contributed by atoms with van der Waals surface area (Å²) in [6, 6.07) is 11.0. The van der Waals surface area contributed by atoms with Crippen molar-refractivity contribution in [3.63, 3.8) is 0 Å². The van der Waals surface area contributed by atoms with Crippen molar-refractivity contribution in [2.75, 3.05) is 0 Å². The van der Waals surface area contributed by atoms with Crippen LogP contribution in [-0.2, 0) is 6.54 Å². The van der Waals surface area contributed by atoms with Gasteiger partial charge >= 0.3 is 0 Å². The Bertz CT molecular complexity index is 706. The molecule has 0 bridgehead atoms. The van der Waals surface area contributed by atoms with Gasteiger partial charge < -0.3 is 5.32 Å². The Hall–Kier alpha value is -1.78. The second kappa shape index (κ2) is 5.69. The van der Waals surface area contributed by atoms with Gasteiger partial charge in [0.1, 0.15) is 5.82 Å². The third-order valence-corrected chi connectivity index (χ3v) is 4.20. The first kappa shape index (κ1) is 13.2. The molecule has 0 amide bonds. The van der Waals surface area contributed by atoms with Gasteiger partial charge in [0.2, 0.25) is 0 Å². The van der Waals surface area contributed by atoms with Crippen LogP contribution in [0.2, 0.25) is 0 Å². The highest BCUT2D eigenvalue weighted by atomic mass is 32.1. The Labute approximate surface area is 121 Å². The predicted octanol–water partition coefficient (Wildman–Crippen LogP) is 4.29. The first-order valence-electron chi connectivity index (χ1n) is 6.53. The second-order valence-electron chi connectivity index (χ2n) is 4.80. The molecule has 0 aliphatic rings. The van der Waals surface area contributed by atoms with Crippen molar-refractivity contribution < 1.29 is 4.39 Å². The maximum Gasteiger partial charge on any atom is 0.123 e. The predicted molar refractivity (Wildman–Crippen MR) is 81.3 cm³/mol. The molecule has 1 aromatic carbocycles. The lowest BCUT2D eigenvalue weighted by atomic mass is 10.1. The molecule has 20 heavy (non-hydrogen) atoms. The van der Waals surface area contributed by atoms with Crippen molar-refractivity contribution in [2.24, 2.45) is 0 Å². The van der Waals surface area contributed by atoms with Crippen LogP contribution >= 0.6 is 11.3 Å². The minimum absolute atomic E-state index is 0.200. The molecule has 0 fully saturated rings. The van der Waals surface area contributed by atoms with Gasteiger partial charge in [-0.3, -0.25) is 4.98 Å². The number of benzene rings is 1. The van der Waals surface area contributed by atoms with Gasteiger partial charge in [-0.15, -0.1) is 11.3 Å². The fourth-order valence-electron chi connectivity index (χ4n) is 2.09. The standard InChI is InChI=1S/C16H15FN2S/c1-11(18-9-12-2-4-14(17)5-3-12)13-8-16-15(19-10-13)6-7-20-16/h2-8,10-11,18H,9H2,1H3. The third-order valence-electron chi connectivity index (χ3n) is 3.35. The van der Waals surface area contributed by atoms with E-state index < -0.39 is 0 Å². The Morgan fingerprint density at radius 1 is 1.25 bits per heavy atom. The van der Waals surface area contributed by atoms with E-state index in [1.54, 1.807) is 23.5 Å². The van der Waals surface area contributed by atoms with E-state index in [1.165, 1.54) is 22.4 Å². The molecule has 0 radical (unpaired) electrons. The molecule has 2 aromatic heterocycles. The van der Waals surface area contributed by atoms with Crippen LogP contribution < -0.4 is 5.32 Å². The van der Waals surface area contributed by atoms with Gasteiger partial charge in [0.05, 0.1) is 10.2 Å². The molecule has 3 aromatic rings. The quantitative estimate of drug-likeness (QED) is 0.774. The summed E-state index contributed by atoms with van der Waals surface area (Å²) >= 11 is 1.70. The van der Waals surface area contributed by atoms with Crippen LogP contribution in [0.25, 0.3) is 10.2 Å².